The van der Waals surface area contributed by atoms with E-state index < -0.39 is 12.1 Å². The summed E-state index contributed by atoms with van der Waals surface area (Å²) >= 11 is 0. The predicted molar refractivity (Wildman–Crippen MR) is 71.3 cm³/mol. The molecule has 7 heteroatoms. The van der Waals surface area contributed by atoms with Crippen molar-refractivity contribution in [1.82, 2.24) is 9.47 Å². The summed E-state index contributed by atoms with van der Waals surface area (Å²) < 4.78 is 39.1. The van der Waals surface area contributed by atoms with E-state index in [1.165, 1.54) is 10.6 Å². The van der Waals surface area contributed by atoms with Crippen molar-refractivity contribution >= 4 is 6.29 Å². The lowest BCUT2D eigenvalue weighted by Gasteiger charge is -2.32. The summed E-state index contributed by atoms with van der Waals surface area (Å²) in [6, 6.07) is 3.06. The summed E-state index contributed by atoms with van der Waals surface area (Å²) in [5.74, 6) is -1.21. The highest BCUT2D eigenvalue weighted by atomic mass is 19.4. The number of halogens is 3. The molecule has 1 saturated heterocycles. The number of nitrogens with zero attached hydrogens (tertiary/aromatic N) is 2. The number of carbonyl (C=O) groups excluding carboxylic acids is 1. The van der Waals surface area contributed by atoms with Crippen molar-refractivity contribution in [2.75, 3.05) is 19.6 Å². The van der Waals surface area contributed by atoms with Gasteiger partial charge in [-0.25, -0.2) is 0 Å². The Bertz CT molecular complexity index is 546. The summed E-state index contributed by atoms with van der Waals surface area (Å²) in [5.41, 5.74) is -0.272. The molecule has 0 radical (unpaired) electrons. The van der Waals surface area contributed by atoms with E-state index in [1.807, 2.05) is 4.90 Å². The summed E-state index contributed by atoms with van der Waals surface area (Å²) in [5, 5.41) is 0. The number of pyridine rings is 1. The van der Waals surface area contributed by atoms with Crippen molar-refractivity contribution in [3.05, 3.63) is 34.2 Å². The number of alkyl halides is 3. The van der Waals surface area contributed by atoms with Crippen LogP contribution >= 0.6 is 0 Å². The lowest BCUT2D eigenvalue weighted by Crippen LogP contribution is -2.41. The molecule has 0 aromatic carbocycles. The molecule has 21 heavy (non-hydrogen) atoms. The minimum absolute atomic E-state index is 0.0910. The predicted octanol–water partition coefficient (Wildman–Crippen LogP) is 1.94. The quantitative estimate of drug-likeness (QED) is 0.798. The van der Waals surface area contributed by atoms with Crippen LogP contribution in [-0.4, -0.2) is 41.6 Å². The van der Waals surface area contributed by atoms with Crippen LogP contribution < -0.4 is 5.56 Å². The molecule has 0 amide bonds. The second-order valence-corrected chi connectivity index (χ2v) is 5.24. The van der Waals surface area contributed by atoms with Gasteiger partial charge in [-0.1, -0.05) is 0 Å². The molecule has 4 nitrogen and oxygen atoms in total. The Hall–Kier alpha value is -1.63. The summed E-state index contributed by atoms with van der Waals surface area (Å²) in [6.07, 6.45) is -1.81. The van der Waals surface area contributed by atoms with E-state index in [1.54, 1.807) is 12.3 Å². The molecule has 1 aliphatic rings. The Morgan fingerprint density at radius 1 is 1.24 bits per heavy atom. The molecule has 2 rings (SSSR count). The van der Waals surface area contributed by atoms with Gasteiger partial charge in [-0.05, 0) is 38.1 Å². The lowest BCUT2D eigenvalue weighted by atomic mass is 9.96. The first-order valence-electron chi connectivity index (χ1n) is 6.85. The van der Waals surface area contributed by atoms with Crippen LogP contribution in [0.3, 0.4) is 0 Å². The van der Waals surface area contributed by atoms with Gasteiger partial charge in [0.25, 0.3) is 5.56 Å². The van der Waals surface area contributed by atoms with Gasteiger partial charge >= 0.3 is 6.18 Å². The third-order valence-electron chi connectivity index (χ3n) is 3.88. The van der Waals surface area contributed by atoms with Gasteiger partial charge < -0.3 is 9.47 Å². The van der Waals surface area contributed by atoms with E-state index in [0.717, 1.165) is 0 Å². The third kappa shape index (κ3) is 3.93. The topological polar surface area (TPSA) is 42.3 Å². The maximum absolute atomic E-state index is 12.6. The van der Waals surface area contributed by atoms with E-state index in [2.05, 4.69) is 0 Å². The number of hydrogen-bond donors (Lipinski definition) is 0. The molecule has 0 bridgehead atoms. The lowest BCUT2D eigenvalue weighted by molar-refractivity contribution is -0.185. The average molecular weight is 302 g/mol. The number of aldehydes is 1. The van der Waals surface area contributed by atoms with Crippen LogP contribution in [0.1, 0.15) is 23.2 Å². The molecule has 1 aromatic heterocycles. The Balaban J connectivity index is 1.88. The first-order chi connectivity index (χ1) is 9.91. The SMILES string of the molecule is O=Cc1cccn(CCN2CCC(C(F)(F)F)CC2)c1=O. The minimum Gasteiger partial charge on any atom is -0.314 e. The maximum atomic E-state index is 12.6. The maximum Gasteiger partial charge on any atom is 0.391 e. The molecule has 0 aliphatic carbocycles. The first kappa shape index (κ1) is 15.8. The van der Waals surface area contributed by atoms with Crippen LogP contribution in [0.2, 0.25) is 0 Å². The number of piperidine rings is 1. The fraction of sp³-hybridized carbons (Fsp3) is 0.571. The van der Waals surface area contributed by atoms with Crippen LogP contribution in [0.25, 0.3) is 0 Å². The highest BCUT2D eigenvalue weighted by Gasteiger charge is 2.40. The minimum atomic E-state index is -4.11. The van der Waals surface area contributed by atoms with Gasteiger partial charge in [0.05, 0.1) is 11.5 Å². The van der Waals surface area contributed by atoms with Gasteiger partial charge in [0.2, 0.25) is 0 Å². The molecular formula is C14H17F3N2O2. The number of carbonyl (C=O) groups is 1. The van der Waals surface area contributed by atoms with Crippen molar-refractivity contribution < 1.29 is 18.0 Å². The number of rotatable bonds is 4. The Labute approximate surface area is 120 Å². The fourth-order valence-electron chi connectivity index (χ4n) is 2.55. The third-order valence-corrected chi connectivity index (χ3v) is 3.88. The molecule has 0 spiro atoms. The molecule has 116 valence electrons. The van der Waals surface area contributed by atoms with Gasteiger partial charge in [0.15, 0.2) is 6.29 Å². The smallest absolute Gasteiger partial charge is 0.314 e. The number of likely N-dealkylation sites (tertiary alicyclic amines) is 1. The molecule has 0 saturated carbocycles. The van der Waals surface area contributed by atoms with Crippen LogP contribution in [0.4, 0.5) is 13.2 Å². The normalized spacial score (nSPS) is 17.9. The second-order valence-electron chi connectivity index (χ2n) is 5.24. The number of aromatic nitrogens is 1. The van der Waals surface area contributed by atoms with Gasteiger partial charge in [-0.3, -0.25) is 9.59 Å². The molecular weight excluding hydrogens is 285 g/mol. The van der Waals surface area contributed by atoms with E-state index in [0.29, 0.717) is 32.5 Å². The molecule has 0 unspecified atom stereocenters. The van der Waals surface area contributed by atoms with Gasteiger partial charge in [0.1, 0.15) is 0 Å². The standard InChI is InChI=1S/C14H17F3N2O2/c15-14(16,17)12-3-6-18(7-4-12)8-9-19-5-1-2-11(10-20)13(19)21/h1-2,5,10,12H,3-4,6-9H2. The zero-order valence-electron chi connectivity index (χ0n) is 11.5. The molecule has 1 fully saturated rings. The summed E-state index contributed by atoms with van der Waals surface area (Å²) in [6.45, 7) is 1.64. The van der Waals surface area contributed by atoms with Crippen molar-refractivity contribution in [3.63, 3.8) is 0 Å². The van der Waals surface area contributed by atoms with Crippen molar-refractivity contribution in [1.29, 1.82) is 0 Å². The average Bonchev–Trinajstić information content (AvgIpc) is 2.46. The summed E-state index contributed by atoms with van der Waals surface area (Å²) in [7, 11) is 0. The van der Waals surface area contributed by atoms with E-state index in [4.69, 9.17) is 0 Å². The molecule has 1 aromatic rings. The van der Waals surface area contributed by atoms with Crippen LogP contribution in [-0.2, 0) is 6.54 Å². The Morgan fingerprint density at radius 3 is 2.48 bits per heavy atom. The number of hydrogen-bond acceptors (Lipinski definition) is 3. The second kappa shape index (κ2) is 6.43. The van der Waals surface area contributed by atoms with E-state index in [9.17, 15) is 22.8 Å². The molecule has 1 aliphatic heterocycles. The van der Waals surface area contributed by atoms with Crippen LogP contribution in [0, 0.1) is 5.92 Å². The van der Waals surface area contributed by atoms with Crippen LogP contribution in [0.5, 0.6) is 0 Å². The highest BCUT2D eigenvalue weighted by molar-refractivity contribution is 5.73. The van der Waals surface area contributed by atoms with Gasteiger partial charge in [-0.15, -0.1) is 0 Å². The zero-order valence-corrected chi connectivity index (χ0v) is 11.5. The monoisotopic (exact) mass is 302 g/mol. The van der Waals surface area contributed by atoms with Crippen molar-refractivity contribution in [3.8, 4) is 0 Å². The zero-order chi connectivity index (χ0) is 15.5. The highest BCUT2D eigenvalue weighted by Crippen LogP contribution is 2.33. The molecule has 2 heterocycles. The van der Waals surface area contributed by atoms with E-state index >= 15 is 0 Å². The Kier molecular flexibility index (Phi) is 4.82. The van der Waals surface area contributed by atoms with Gasteiger partial charge in [-0.2, -0.15) is 13.2 Å². The fourth-order valence-corrected chi connectivity index (χ4v) is 2.55. The Morgan fingerprint density at radius 2 is 1.90 bits per heavy atom. The van der Waals surface area contributed by atoms with Gasteiger partial charge in [0, 0.05) is 19.3 Å². The molecule has 0 N–H and O–H groups in total. The first-order valence-corrected chi connectivity index (χ1v) is 6.85. The van der Waals surface area contributed by atoms with E-state index in [-0.39, 0.29) is 24.0 Å². The van der Waals surface area contributed by atoms with Crippen molar-refractivity contribution in [2.45, 2.75) is 25.6 Å². The summed E-state index contributed by atoms with van der Waals surface area (Å²) in [4.78, 5) is 24.4. The largest absolute Gasteiger partial charge is 0.391 e. The van der Waals surface area contributed by atoms with Crippen LogP contribution in [0.15, 0.2) is 23.1 Å². The molecule has 0 atom stereocenters. The van der Waals surface area contributed by atoms with Crippen molar-refractivity contribution in [2.24, 2.45) is 5.92 Å².